The molecule has 1 aromatic rings. The van der Waals surface area contributed by atoms with Gasteiger partial charge in [-0.1, -0.05) is 0 Å². The molecule has 2 aliphatic heterocycles. The second-order valence-corrected chi connectivity index (χ2v) is 4.98. The summed E-state index contributed by atoms with van der Waals surface area (Å²) in [5, 5.41) is 6.55. The van der Waals surface area contributed by atoms with E-state index in [1.165, 1.54) is 6.07 Å². The molecule has 5 heteroatoms. The fourth-order valence-electron chi connectivity index (χ4n) is 2.55. The summed E-state index contributed by atoms with van der Waals surface area (Å²) in [6.07, 6.45) is 1.97. The van der Waals surface area contributed by atoms with Gasteiger partial charge in [-0.25, -0.2) is 4.39 Å². The standard InChI is InChI=1S/C14H19FN2O2/c15-11-6-10-2-1-3-17-14(10)13(7-11)19-9-12-8-16-4-5-18-12/h6-7,12,16-17H,1-5,8-9H2. The Hall–Kier alpha value is -1.33. The van der Waals surface area contributed by atoms with Gasteiger partial charge in [0.05, 0.1) is 12.3 Å². The minimum Gasteiger partial charge on any atom is -0.489 e. The molecule has 0 aromatic heterocycles. The van der Waals surface area contributed by atoms with Crippen molar-refractivity contribution in [1.29, 1.82) is 0 Å². The van der Waals surface area contributed by atoms with Crippen LogP contribution in [0, 0.1) is 5.82 Å². The maximum absolute atomic E-state index is 13.6. The van der Waals surface area contributed by atoms with E-state index in [1.54, 1.807) is 6.07 Å². The molecule has 2 aliphatic rings. The second-order valence-electron chi connectivity index (χ2n) is 4.98. The van der Waals surface area contributed by atoms with Gasteiger partial charge in [-0.05, 0) is 24.5 Å². The Morgan fingerprint density at radius 2 is 2.32 bits per heavy atom. The highest BCUT2D eigenvalue weighted by Gasteiger charge is 2.18. The summed E-state index contributed by atoms with van der Waals surface area (Å²) in [5.74, 6) is 0.365. The third-order valence-corrected chi connectivity index (χ3v) is 3.50. The van der Waals surface area contributed by atoms with E-state index in [2.05, 4.69) is 10.6 Å². The number of ether oxygens (including phenoxy) is 2. The summed E-state index contributed by atoms with van der Waals surface area (Å²) >= 11 is 0. The third kappa shape index (κ3) is 2.98. The first-order chi connectivity index (χ1) is 9.33. The maximum Gasteiger partial charge on any atom is 0.145 e. The fourth-order valence-corrected chi connectivity index (χ4v) is 2.55. The van der Waals surface area contributed by atoms with Gasteiger partial charge in [0.25, 0.3) is 0 Å². The Morgan fingerprint density at radius 3 is 3.16 bits per heavy atom. The molecule has 0 saturated carbocycles. The van der Waals surface area contributed by atoms with Crippen molar-refractivity contribution < 1.29 is 13.9 Å². The van der Waals surface area contributed by atoms with Crippen molar-refractivity contribution in [1.82, 2.24) is 5.32 Å². The topological polar surface area (TPSA) is 42.5 Å². The van der Waals surface area contributed by atoms with Gasteiger partial charge in [0.1, 0.15) is 24.3 Å². The summed E-state index contributed by atoms with van der Waals surface area (Å²) in [7, 11) is 0. The van der Waals surface area contributed by atoms with Crippen LogP contribution >= 0.6 is 0 Å². The van der Waals surface area contributed by atoms with Crippen LogP contribution < -0.4 is 15.4 Å². The van der Waals surface area contributed by atoms with E-state index in [9.17, 15) is 4.39 Å². The van der Waals surface area contributed by atoms with E-state index < -0.39 is 0 Å². The molecule has 2 N–H and O–H groups in total. The molecule has 0 radical (unpaired) electrons. The predicted octanol–water partition coefficient (Wildman–Crippen LogP) is 1.55. The summed E-state index contributed by atoms with van der Waals surface area (Å²) in [5.41, 5.74) is 1.94. The fraction of sp³-hybridized carbons (Fsp3) is 0.571. The number of hydrogen-bond donors (Lipinski definition) is 2. The van der Waals surface area contributed by atoms with Crippen LogP contribution in [0.4, 0.5) is 10.1 Å². The van der Waals surface area contributed by atoms with Gasteiger partial charge in [-0.2, -0.15) is 0 Å². The smallest absolute Gasteiger partial charge is 0.145 e. The van der Waals surface area contributed by atoms with Crippen LogP contribution in [0.1, 0.15) is 12.0 Å². The predicted molar refractivity (Wildman–Crippen MR) is 71.3 cm³/mol. The lowest BCUT2D eigenvalue weighted by molar-refractivity contribution is 0.000263. The molecule has 0 amide bonds. The van der Waals surface area contributed by atoms with Crippen molar-refractivity contribution in [3.8, 4) is 5.75 Å². The normalized spacial score (nSPS) is 22.5. The molecule has 3 rings (SSSR count). The Kier molecular flexibility index (Phi) is 3.84. The first-order valence-electron chi connectivity index (χ1n) is 6.84. The number of halogens is 1. The van der Waals surface area contributed by atoms with Crippen molar-refractivity contribution in [3.63, 3.8) is 0 Å². The van der Waals surface area contributed by atoms with Crippen molar-refractivity contribution in [2.45, 2.75) is 18.9 Å². The van der Waals surface area contributed by atoms with Gasteiger partial charge < -0.3 is 20.1 Å². The van der Waals surface area contributed by atoms with Crippen molar-refractivity contribution in [2.24, 2.45) is 0 Å². The van der Waals surface area contributed by atoms with Crippen molar-refractivity contribution in [2.75, 3.05) is 38.2 Å². The maximum atomic E-state index is 13.6. The molecular formula is C14H19FN2O2. The number of aryl methyl sites for hydroxylation is 1. The molecule has 1 aromatic carbocycles. The number of anilines is 1. The van der Waals surface area contributed by atoms with Crippen LogP contribution in [0.2, 0.25) is 0 Å². The molecule has 4 nitrogen and oxygen atoms in total. The lowest BCUT2D eigenvalue weighted by atomic mass is 10.0. The van der Waals surface area contributed by atoms with Gasteiger partial charge in [0.2, 0.25) is 0 Å². The van der Waals surface area contributed by atoms with E-state index in [-0.39, 0.29) is 11.9 Å². The van der Waals surface area contributed by atoms with Gasteiger partial charge in [0, 0.05) is 25.7 Å². The van der Waals surface area contributed by atoms with Crippen LogP contribution in [0.5, 0.6) is 5.75 Å². The largest absolute Gasteiger partial charge is 0.489 e. The monoisotopic (exact) mass is 266 g/mol. The van der Waals surface area contributed by atoms with E-state index >= 15 is 0 Å². The van der Waals surface area contributed by atoms with Gasteiger partial charge >= 0.3 is 0 Å². The van der Waals surface area contributed by atoms with Crippen LogP contribution in [-0.2, 0) is 11.2 Å². The zero-order chi connectivity index (χ0) is 13.1. The van der Waals surface area contributed by atoms with Crippen LogP contribution in [0.3, 0.4) is 0 Å². The van der Waals surface area contributed by atoms with Gasteiger partial charge in [0.15, 0.2) is 0 Å². The molecule has 19 heavy (non-hydrogen) atoms. The van der Waals surface area contributed by atoms with Crippen molar-refractivity contribution in [3.05, 3.63) is 23.5 Å². The van der Waals surface area contributed by atoms with E-state index in [4.69, 9.17) is 9.47 Å². The number of morpholine rings is 1. The first kappa shape index (κ1) is 12.7. The third-order valence-electron chi connectivity index (χ3n) is 3.50. The molecule has 1 fully saturated rings. The molecule has 104 valence electrons. The molecule has 1 unspecified atom stereocenters. The Morgan fingerprint density at radius 1 is 1.37 bits per heavy atom. The van der Waals surface area contributed by atoms with Crippen molar-refractivity contribution >= 4 is 5.69 Å². The number of benzene rings is 1. The van der Waals surface area contributed by atoms with Crippen LogP contribution in [0.25, 0.3) is 0 Å². The molecule has 2 heterocycles. The highest BCUT2D eigenvalue weighted by Crippen LogP contribution is 2.33. The molecule has 0 bridgehead atoms. The molecule has 0 spiro atoms. The summed E-state index contributed by atoms with van der Waals surface area (Å²) in [6.45, 7) is 3.73. The SMILES string of the molecule is Fc1cc2c(c(OCC3CNCCO3)c1)NCCC2. The van der Waals surface area contributed by atoms with E-state index in [1.807, 2.05) is 0 Å². The minimum atomic E-state index is -0.236. The summed E-state index contributed by atoms with van der Waals surface area (Å²) < 4.78 is 24.9. The van der Waals surface area contributed by atoms with E-state index in [0.29, 0.717) is 19.0 Å². The molecule has 0 aliphatic carbocycles. The number of fused-ring (bicyclic) bond motifs is 1. The zero-order valence-electron chi connectivity index (χ0n) is 10.9. The van der Waals surface area contributed by atoms with Crippen LogP contribution in [0.15, 0.2) is 12.1 Å². The zero-order valence-corrected chi connectivity index (χ0v) is 10.9. The quantitative estimate of drug-likeness (QED) is 0.871. The highest BCUT2D eigenvalue weighted by atomic mass is 19.1. The molecule has 1 atom stereocenters. The Balaban J connectivity index is 1.70. The Bertz CT molecular complexity index is 447. The van der Waals surface area contributed by atoms with Crippen LogP contribution in [-0.4, -0.2) is 39.0 Å². The second kappa shape index (κ2) is 5.75. The highest BCUT2D eigenvalue weighted by molar-refractivity contribution is 5.63. The number of nitrogens with one attached hydrogen (secondary N) is 2. The summed E-state index contributed by atoms with van der Waals surface area (Å²) in [4.78, 5) is 0. The number of hydrogen-bond acceptors (Lipinski definition) is 4. The number of rotatable bonds is 3. The minimum absolute atomic E-state index is 0.0382. The first-order valence-corrected chi connectivity index (χ1v) is 6.84. The average Bonchev–Trinajstić information content (AvgIpc) is 2.45. The molecule has 1 saturated heterocycles. The van der Waals surface area contributed by atoms with Gasteiger partial charge in [-0.15, -0.1) is 0 Å². The lowest BCUT2D eigenvalue weighted by Gasteiger charge is -2.26. The Labute approximate surface area is 112 Å². The van der Waals surface area contributed by atoms with E-state index in [0.717, 1.165) is 43.7 Å². The average molecular weight is 266 g/mol. The summed E-state index contributed by atoms with van der Waals surface area (Å²) in [6, 6.07) is 3.04. The lowest BCUT2D eigenvalue weighted by Crippen LogP contribution is -2.41. The van der Waals surface area contributed by atoms with Gasteiger partial charge in [-0.3, -0.25) is 0 Å². The molecular weight excluding hydrogens is 247 g/mol.